The van der Waals surface area contributed by atoms with E-state index in [0.717, 1.165) is 35.6 Å². The Morgan fingerprint density at radius 3 is 2.03 bits per heavy atom. The second-order valence-electron chi connectivity index (χ2n) is 5.99. The molecule has 0 aliphatic rings. The Morgan fingerprint density at radius 2 is 1.35 bits per heavy atom. The number of carbonyl (C=O) groups is 1. The Labute approximate surface area is 269 Å². The van der Waals surface area contributed by atoms with E-state index in [9.17, 15) is 13.2 Å². The SMILES string of the molecule is CSC/N=C\S(=O)CSCSCSCSCSC(=O)NCSCSCSCSC/N=C\S(=O)CCCO. The number of nitrogens with one attached hydrogen (secondary N) is 1. The highest BCUT2D eigenvalue weighted by Crippen LogP contribution is 2.24. The Bertz CT molecular complexity index is 649. The van der Waals surface area contributed by atoms with Crippen molar-refractivity contribution in [1.82, 2.24) is 5.32 Å². The van der Waals surface area contributed by atoms with Gasteiger partial charge in [-0.15, -0.1) is 106 Å². The fraction of sp³-hybridized carbons (Fsp3) is 0.833. The predicted octanol–water partition coefficient (Wildman–Crippen LogP) is 6.13. The summed E-state index contributed by atoms with van der Waals surface area (Å²) in [5, 5.41) is 18.7. The van der Waals surface area contributed by atoms with Gasteiger partial charge in [-0.1, -0.05) is 11.8 Å². The number of amides is 1. The molecule has 2 unspecified atom stereocenters. The van der Waals surface area contributed by atoms with Gasteiger partial charge in [-0.3, -0.25) is 23.2 Å². The van der Waals surface area contributed by atoms with E-state index in [0.29, 0.717) is 34.9 Å². The molecule has 1 amide bonds. The molecular formula is C18H35N3O4S12. The third kappa shape index (κ3) is 32.9. The first-order valence-corrected chi connectivity index (χ1v) is 24.8. The monoisotopic (exact) mass is 741 g/mol. The van der Waals surface area contributed by atoms with Crippen molar-refractivity contribution >= 4 is 156 Å². The van der Waals surface area contributed by atoms with Crippen LogP contribution in [0.5, 0.6) is 0 Å². The van der Waals surface area contributed by atoms with Crippen LogP contribution in [0.25, 0.3) is 0 Å². The van der Waals surface area contributed by atoms with E-state index in [1.165, 1.54) is 17.3 Å². The molecule has 0 heterocycles. The first-order chi connectivity index (χ1) is 18.1. The molecular weight excluding hydrogens is 707 g/mol. The van der Waals surface area contributed by atoms with Gasteiger partial charge in [-0.2, -0.15) is 0 Å². The fourth-order valence-corrected chi connectivity index (χ4v) is 14.1. The van der Waals surface area contributed by atoms with Gasteiger partial charge >= 0.3 is 0 Å². The lowest BCUT2D eigenvalue weighted by molar-refractivity contribution is 0.262. The molecule has 19 heteroatoms. The number of carbonyl (C=O) groups excluding carboxylic acids is 1. The fourth-order valence-electron chi connectivity index (χ4n) is 1.62. The van der Waals surface area contributed by atoms with E-state index in [2.05, 4.69) is 15.3 Å². The lowest BCUT2D eigenvalue weighted by Crippen LogP contribution is -2.17. The zero-order valence-electron chi connectivity index (χ0n) is 20.5. The molecule has 2 atom stereocenters. The summed E-state index contributed by atoms with van der Waals surface area (Å²) in [6.07, 6.45) is 2.51. The standard InChI is InChI=1S/C18H35N3O4S12/c1-26-5-19-9-37(25)17-34-15-32-13-31-14-33-16-35-18(23)21-7-28-11-30-12-29-10-27-6-20-8-36(24)4-2-3-22/h8-9,22H,2-7,10-17H2,1H3,(H,21,23)/b19-9-,20-8-. The van der Waals surface area contributed by atoms with Crippen molar-refractivity contribution in [2.75, 3.05) is 76.9 Å². The first-order valence-electron chi connectivity index (χ1n) is 10.5. The second kappa shape index (κ2) is 33.1. The second-order valence-corrected chi connectivity index (χ2v) is 21.2. The van der Waals surface area contributed by atoms with Crippen molar-refractivity contribution in [1.29, 1.82) is 0 Å². The molecule has 0 aliphatic heterocycles. The van der Waals surface area contributed by atoms with Crippen LogP contribution in [0, 0.1) is 0 Å². The quantitative estimate of drug-likeness (QED) is 0.0437. The number of aliphatic hydroxyl groups is 1. The van der Waals surface area contributed by atoms with Gasteiger partial charge in [-0.05, 0) is 12.7 Å². The average Bonchev–Trinajstić information content (AvgIpc) is 2.89. The normalized spacial score (nSPS) is 13.5. The van der Waals surface area contributed by atoms with Gasteiger partial charge in [0.05, 0.1) is 55.4 Å². The summed E-state index contributed by atoms with van der Waals surface area (Å²) in [5.41, 5.74) is 3.02. The zero-order valence-corrected chi connectivity index (χ0v) is 30.3. The van der Waals surface area contributed by atoms with Crippen LogP contribution in [0.3, 0.4) is 0 Å². The van der Waals surface area contributed by atoms with Gasteiger partial charge in [0.25, 0.3) is 5.24 Å². The molecule has 0 aromatic carbocycles. The summed E-state index contributed by atoms with van der Waals surface area (Å²) < 4.78 is 23.1. The van der Waals surface area contributed by atoms with Crippen molar-refractivity contribution in [3.8, 4) is 0 Å². The molecule has 0 bridgehead atoms. The van der Waals surface area contributed by atoms with E-state index in [1.807, 2.05) is 53.3 Å². The number of nitrogens with zero attached hydrogens (tertiary/aromatic N) is 2. The van der Waals surface area contributed by atoms with Gasteiger partial charge in [0, 0.05) is 48.0 Å². The van der Waals surface area contributed by atoms with Crippen LogP contribution < -0.4 is 5.32 Å². The smallest absolute Gasteiger partial charge is 0.280 e. The molecule has 0 aliphatic carbocycles. The first kappa shape index (κ1) is 39.6. The maximum Gasteiger partial charge on any atom is 0.280 e. The summed E-state index contributed by atoms with van der Waals surface area (Å²) >= 11 is 17.1. The Balaban J connectivity index is 3.31. The summed E-state index contributed by atoms with van der Waals surface area (Å²) in [5.74, 6) is 2.36. The van der Waals surface area contributed by atoms with Crippen molar-refractivity contribution in [3.05, 3.63) is 0 Å². The molecule has 0 radical (unpaired) electrons. The third-order valence-corrected chi connectivity index (χ3v) is 16.7. The highest BCUT2D eigenvalue weighted by atomic mass is 32.3. The molecule has 0 aromatic rings. The van der Waals surface area contributed by atoms with Gasteiger partial charge < -0.3 is 10.4 Å². The van der Waals surface area contributed by atoms with Crippen molar-refractivity contribution in [2.45, 2.75) is 6.42 Å². The Kier molecular flexibility index (Phi) is 35.4. The molecule has 0 rings (SSSR count). The van der Waals surface area contributed by atoms with Crippen LogP contribution in [0.2, 0.25) is 0 Å². The molecule has 0 saturated heterocycles. The molecule has 0 aromatic heterocycles. The van der Waals surface area contributed by atoms with Crippen LogP contribution in [0.15, 0.2) is 9.98 Å². The van der Waals surface area contributed by atoms with E-state index in [4.69, 9.17) is 5.11 Å². The summed E-state index contributed by atoms with van der Waals surface area (Å²) in [6, 6.07) is 0. The molecule has 2 N–H and O–H groups in total. The van der Waals surface area contributed by atoms with Crippen molar-refractivity contribution in [2.24, 2.45) is 9.98 Å². The molecule has 0 fully saturated rings. The van der Waals surface area contributed by atoms with Gasteiger partial charge in [0.2, 0.25) is 0 Å². The Morgan fingerprint density at radius 1 is 0.784 bits per heavy atom. The van der Waals surface area contributed by atoms with Crippen LogP contribution in [-0.4, -0.2) is 107 Å². The summed E-state index contributed by atoms with van der Waals surface area (Å²) in [4.78, 5) is 20.1. The summed E-state index contributed by atoms with van der Waals surface area (Å²) in [7, 11) is -2.04. The maximum atomic E-state index is 11.9. The minimum absolute atomic E-state index is 0.0264. The molecule has 218 valence electrons. The number of rotatable bonds is 27. The number of aliphatic hydroxyl groups excluding tert-OH is 1. The van der Waals surface area contributed by atoms with Crippen molar-refractivity contribution < 1.29 is 18.3 Å². The zero-order chi connectivity index (χ0) is 27.2. The molecule has 37 heavy (non-hydrogen) atoms. The topological polar surface area (TPSA) is 108 Å². The minimum Gasteiger partial charge on any atom is -0.396 e. The minimum atomic E-state index is -1.07. The largest absolute Gasteiger partial charge is 0.396 e. The number of thioether (sulfide) groups is 10. The van der Waals surface area contributed by atoms with E-state index < -0.39 is 21.6 Å². The van der Waals surface area contributed by atoms with E-state index >= 15 is 0 Å². The average molecular weight is 742 g/mol. The molecule has 0 spiro atoms. The number of hydrogen-bond acceptors (Lipinski definition) is 16. The number of aliphatic imine (C=N–C) groups is 2. The maximum absolute atomic E-state index is 11.9. The Hall–Kier alpha value is 2.57. The molecule has 7 nitrogen and oxygen atoms in total. The molecule has 0 saturated carbocycles. The van der Waals surface area contributed by atoms with E-state index in [1.54, 1.807) is 64.4 Å². The van der Waals surface area contributed by atoms with Crippen molar-refractivity contribution in [3.63, 3.8) is 0 Å². The predicted molar refractivity (Wildman–Crippen MR) is 194 cm³/mol. The van der Waals surface area contributed by atoms with Crippen LogP contribution >= 0.6 is 118 Å². The van der Waals surface area contributed by atoms with Gasteiger partial charge in [0.1, 0.15) is 0 Å². The lowest BCUT2D eigenvalue weighted by Gasteiger charge is -2.05. The van der Waals surface area contributed by atoms with Crippen LogP contribution in [-0.2, 0) is 21.6 Å². The van der Waals surface area contributed by atoms with E-state index in [-0.39, 0.29) is 11.8 Å². The van der Waals surface area contributed by atoms with Gasteiger partial charge in [0.15, 0.2) is 0 Å². The van der Waals surface area contributed by atoms with Gasteiger partial charge in [-0.25, -0.2) is 0 Å². The summed E-state index contributed by atoms with van der Waals surface area (Å²) in [6.45, 7) is 0.0638. The highest BCUT2D eigenvalue weighted by Gasteiger charge is 2.02. The number of hydrogen-bond donors (Lipinski definition) is 2. The third-order valence-electron chi connectivity index (χ3n) is 3.05. The highest BCUT2D eigenvalue weighted by molar-refractivity contribution is 8.30. The lowest BCUT2D eigenvalue weighted by atomic mass is 10.5. The van der Waals surface area contributed by atoms with Crippen LogP contribution in [0.1, 0.15) is 6.42 Å². The van der Waals surface area contributed by atoms with Crippen LogP contribution in [0.4, 0.5) is 4.79 Å².